The van der Waals surface area contributed by atoms with Crippen LogP contribution in [0.3, 0.4) is 0 Å². The number of hydrogen-bond donors (Lipinski definition) is 0. The second-order valence-corrected chi connectivity index (χ2v) is 4.45. The molecule has 0 radical (unpaired) electrons. The van der Waals surface area contributed by atoms with Gasteiger partial charge in [0.1, 0.15) is 11.7 Å². The maximum Gasteiger partial charge on any atom is 0.269 e. The molecule has 1 unspecified atom stereocenters. The zero-order valence-electron chi connectivity index (χ0n) is 10.1. The van der Waals surface area contributed by atoms with E-state index in [1.165, 1.54) is 42.5 Å². The van der Waals surface area contributed by atoms with Crippen LogP contribution in [0.15, 0.2) is 42.5 Å². The molecule has 2 aromatic carbocycles. The highest BCUT2D eigenvalue weighted by molar-refractivity contribution is 6.31. The number of rotatable bonds is 3. The van der Waals surface area contributed by atoms with Gasteiger partial charge in [-0.2, -0.15) is 5.26 Å². The lowest BCUT2D eigenvalue weighted by Gasteiger charge is -2.12. The van der Waals surface area contributed by atoms with Gasteiger partial charge in [-0.05, 0) is 17.7 Å². The number of non-ortho nitro benzene ring substituents is 1. The lowest BCUT2D eigenvalue weighted by molar-refractivity contribution is -0.384. The number of nitro benzene ring substituents is 1. The Kier molecular flexibility index (Phi) is 3.97. The number of nitriles is 1. The predicted octanol–water partition coefficient (Wildman–Crippen LogP) is 4.04. The van der Waals surface area contributed by atoms with E-state index < -0.39 is 16.7 Å². The highest BCUT2D eigenvalue weighted by Gasteiger charge is 2.21. The molecule has 0 aromatic heterocycles. The summed E-state index contributed by atoms with van der Waals surface area (Å²) in [5, 5.41) is 20.0. The molecule has 2 rings (SSSR count). The Bertz CT molecular complexity index is 675. The molecule has 0 saturated heterocycles. The minimum atomic E-state index is -0.912. The lowest BCUT2D eigenvalue weighted by Crippen LogP contribution is -2.02. The Morgan fingerprint density at radius 2 is 1.90 bits per heavy atom. The quantitative estimate of drug-likeness (QED) is 0.633. The Morgan fingerprint density at radius 1 is 1.25 bits per heavy atom. The SMILES string of the molecule is N#CC(c1ccc([N+](=O)[O-])cc1)c1c(F)cccc1Cl. The van der Waals surface area contributed by atoms with Crippen LogP contribution in [0.5, 0.6) is 0 Å². The van der Waals surface area contributed by atoms with Crippen molar-refractivity contribution in [1.82, 2.24) is 0 Å². The first-order valence-corrected chi connectivity index (χ1v) is 6.00. The zero-order chi connectivity index (χ0) is 14.7. The minimum absolute atomic E-state index is 0.0746. The van der Waals surface area contributed by atoms with Gasteiger partial charge in [-0.1, -0.05) is 29.8 Å². The second-order valence-electron chi connectivity index (χ2n) is 4.05. The molecule has 0 bridgehead atoms. The van der Waals surface area contributed by atoms with Crippen molar-refractivity contribution in [3.05, 3.63) is 74.5 Å². The summed E-state index contributed by atoms with van der Waals surface area (Å²) in [4.78, 5) is 10.0. The van der Waals surface area contributed by atoms with Gasteiger partial charge in [-0.3, -0.25) is 10.1 Å². The molecule has 0 aliphatic heterocycles. The monoisotopic (exact) mass is 290 g/mol. The summed E-state index contributed by atoms with van der Waals surface area (Å²) in [6, 6.07) is 11.5. The lowest BCUT2D eigenvalue weighted by atomic mass is 9.92. The van der Waals surface area contributed by atoms with Gasteiger partial charge in [0.05, 0.1) is 11.0 Å². The van der Waals surface area contributed by atoms with Gasteiger partial charge in [0.25, 0.3) is 5.69 Å². The fourth-order valence-corrected chi connectivity index (χ4v) is 2.15. The number of nitrogens with zero attached hydrogens (tertiary/aromatic N) is 2. The average Bonchev–Trinajstić information content (AvgIpc) is 2.43. The average molecular weight is 291 g/mol. The van der Waals surface area contributed by atoms with E-state index in [1.807, 2.05) is 6.07 Å². The van der Waals surface area contributed by atoms with Crippen molar-refractivity contribution < 1.29 is 9.31 Å². The first-order chi connectivity index (χ1) is 9.54. The molecule has 0 N–H and O–H groups in total. The molecule has 0 aliphatic rings. The Balaban J connectivity index is 2.48. The summed E-state index contributed by atoms with van der Waals surface area (Å²) in [6.07, 6.45) is 0. The van der Waals surface area contributed by atoms with Crippen LogP contribution in [0.2, 0.25) is 5.02 Å². The third-order valence-electron chi connectivity index (χ3n) is 2.85. The molecule has 1 atom stereocenters. The zero-order valence-corrected chi connectivity index (χ0v) is 10.8. The van der Waals surface area contributed by atoms with Crippen LogP contribution in [0.4, 0.5) is 10.1 Å². The highest BCUT2D eigenvalue weighted by atomic mass is 35.5. The maximum atomic E-state index is 13.8. The van der Waals surface area contributed by atoms with E-state index in [1.54, 1.807) is 0 Å². The molecule has 20 heavy (non-hydrogen) atoms. The van der Waals surface area contributed by atoms with E-state index in [4.69, 9.17) is 11.6 Å². The van der Waals surface area contributed by atoms with E-state index in [0.29, 0.717) is 5.56 Å². The van der Waals surface area contributed by atoms with Crippen molar-refractivity contribution in [2.45, 2.75) is 5.92 Å². The van der Waals surface area contributed by atoms with E-state index >= 15 is 0 Å². The van der Waals surface area contributed by atoms with Crippen molar-refractivity contribution in [3.63, 3.8) is 0 Å². The second kappa shape index (κ2) is 5.68. The van der Waals surface area contributed by atoms with Crippen LogP contribution in [-0.2, 0) is 0 Å². The Morgan fingerprint density at radius 3 is 2.40 bits per heavy atom. The number of nitro groups is 1. The van der Waals surface area contributed by atoms with Crippen LogP contribution >= 0.6 is 11.6 Å². The van der Waals surface area contributed by atoms with Crippen LogP contribution in [0, 0.1) is 27.3 Å². The first kappa shape index (κ1) is 14.0. The third-order valence-corrected chi connectivity index (χ3v) is 3.18. The van der Waals surface area contributed by atoms with E-state index in [0.717, 1.165) is 0 Å². The topological polar surface area (TPSA) is 66.9 Å². The van der Waals surface area contributed by atoms with Crippen LogP contribution in [0.25, 0.3) is 0 Å². The smallest absolute Gasteiger partial charge is 0.258 e. The van der Waals surface area contributed by atoms with Crippen molar-refractivity contribution in [2.75, 3.05) is 0 Å². The standard InChI is InChI=1S/C14H8ClFN2O2/c15-12-2-1-3-13(16)14(12)11(8-17)9-4-6-10(7-5-9)18(19)20/h1-7,11H. The molecule has 0 fully saturated rings. The fraction of sp³-hybridized carbons (Fsp3) is 0.0714. The van der Waals surface area contributed by atoms with Crippen LogP contribution in [-0.4, -0.2) is 4.92 Å². The van der Waals surface area contributed by atoms with Crippen molar-refractivity contribution in [2.24, 2.45) is 0 Å². The van der Waals surface area contributed by atoms with Gasteiger partial charge in [0, 0.05) is 22.7 Å². The molecule has 0 spiro atoms. The van der Waals surface area contributed by atoms with Crippen LogP contribution < -0.4 is 0 Å². The van der Waals surface area contributed by atoms with E-state index in [2.05, 4.69) is 0 Å². The van der Waals surface area contributed by atoms with Gasteiger partial charge < -0.3 is 0 Å². The molecule has 0 amide bonds. The summed E-state index contributed by atoms with van der Waals surface area (Å²) in [5.41, 5.74) is 0.431. The Hall–Kier alpha value is -2.45. The Labute approximate surface area is 119 Å². The molecule has 0 saturated carbocycles. The first-order valence-electron chi connectivity index (χ1n) is 5.62. The molecule has 4 nitrogen and oxygen atoms in total. The molecule has 0 heterocycles. The van der Waals surface area contributed by atoms with Gasteiger partial charge in [-0.25, -0.2) is 4.39 Å². The van der Waals surface area contributed by atoms with Gasteiger partial charge in [-0.15, -0.1) is 0 Å². The summed E-state index contributed by atoms with van der Waals surface area (Å²) in [5.74, 6) is -1.49. The fourth-order valence-electron chi connectivity index (χ4n) is 1.88. The summed E-state index contributed by atoms with van der Waals surface area (Å²) < 4.78 is 13.8. The normalized spacial score (nSPS) is 11.7. The maximum absolute atomic E-state index is 13.8. The van der Waals surface area contributed by atoms with Crippen molar-refractivity contribution >= 4 is 17.3 Å². The summed E-state index contributed by atoms with van der Waals surface area (Å²) in [7, 11) is 0. The van der Waals surface area contributed by atoms with Crippen molar-refractivity contribution in [1.29, 1.82) is 5.26 Å². The molecular formula is C14H8ClFN2O2. The molecular weight excluding hydrogens is 283 g/mol. The van der Waals surface area contributed by atoms with Gasteiger partial charge >= 0.3 is 0 Å². The van der Waals surface area contributed by atoms with E-state index in [-0.39, 0.29) is 16.3 Å². The largest absolute Gasteiger partial charge is 0.269 e. The molecule has 100 valence electrons. The number of hydrogen-bond acceptors (Lipinski definition) is 3. The molecule has 6 heteroatoms. The van der Waals surface area contributed by atoms with Crippen LogP contribution in [0.1, 0.15) is 17.0 Å². The summed E-state index contributed by atoms with van der Waals surface area (Å²) >= 11 is 5.94. The summed E-state index contributed by atoms with van der Waals surface area (Å²) in [6.45, 7) is 0. The minimum Gasteiger partial charge on any atom is -0.258 e. The molecule has 2 aromatic rings. The van der Waals surface area contributed by atoms with Crippen molar-refractivity contribution in [3.8, 4) is 6.07 Å². The van der Waals surface area contributed by atoms with E-state index in [9.17, 15) is 19.8 Å². The third kappa shape index (κ3) is 2.60. The van der Waals surface area contributed by atoms with Gasteiger partial charge in [0.15, 0.2) is 0 Å². The highest BCUT2D eigenvalue weighted by Crippen LogP contribution is 2.32. The molecule has 0 aliphatic carbocycles. The predicted molar refractivity (Wildman–Crippen MR) is 72.0 cm³/mol. The number of benzene rings is 2. The number of halogens is 2. The van der Waals surface area contributed by atoms with Gasteiger partial charge in [0.2, 0.25) is 0 Å².